The molecule has 1 N–H and O–H groups in total. The van der Waals surface area contributed by atoms with Crippen LogP contribution in [0, 0.1) is 0 Å². The summed E-state index contributed by atoms with van der Waals surface area (Å²) in [4.78, 5) is 25.4. The number of hydrogen-bond donors (Lipinski definition) is 1. The van der Waals surface area contributed by atoms with Crippen molar-refractivity contribution in [3.8, 4) is 0 Å². The number of aryl methyl sites for hydroxylation is 2. The SMILES string of the molecule is Cn1cnnc1Sc1ccc(Cl)cc1NC(=O)CCn1c(=O)oc2ccccc21. The Kier molecular flexibility index (Phi) is 5.41. The fourth-order valence-electron chi connectivity index (χ4n) is 2.80. The molecule has 148 valence electrons. The highest BCUT2D eigenvalue weighted by Gasteiger charge is 2.14. The standard InChI is InChI=1S/C19H16ClN5O3S/c1-24-11-21-23-18(24)29-16-7-6-12(20)10-13(16)22-17(26)8-9-25-14-4-2-3-5-15(14)28-19(25)27/h2-7,10-11H,8-9H2,1H3,(H,22,26). The summed E-state index contributed by atoms with van der Waals surface area (Å²) in [5, 5.41) is 11.9. The van der Waals surface area contributed by atoms with Crippen molar-refractivity contribution in [2.45, 2.75) is 23.0 Å². The number of anilines is 1. The number of fused-ring (bicyclic) bond motifs is 1. The number of para-hydroxylation sites is 2. The van der Waals surface area contributed by atoms with Gasteiger partial charge < -0.3 is 14.3 Å². The summed E-state index contributed by atoms with van der Waals surface area (Å²) < 4.78 is 8.42. The molecule has 0 saturated heterocycles. The third-order valence-electron chi connectivity index (χ3n) is 4.22. The molecule has 4 rings (SSSR count). The van der Waals surface area contributed by atoms with Crippen LogP contribution in [0.25, 0.3) is 11.1 Å². The second-order valence-electron chi connectivity index (χ2n) is 6.25. The quantitative estimate of drug-likeness (QED) is 0.503. The topological polar surface area (TPSA) is 95.0 Å². The molecule has 0 aliphatic carbocycles. The molecule has 0 aliphatic heterocycles. The minimum atomic E-state index is -0.486. The highest BCUT2D eigenvalue weighted by Crippen LogP contribution is 2.34. The molecular weight excluding hydrogens is 414 g/mol. The van der Waals surface area contributed by atoms with Gasteiger partial charge in [-0.15, -0.1) is 10.2 Å². The molecule has 0 bridgehead atoms. The van der Waals surface area contributed by atoms with E-state index in [9.17, 15) is 9.59 Å². The maximum Gasteiger partial charge on any atom is 0.419 e. The number of rotatable bonds is 6. The third-order valence-corrected chi connectivity index (χ3v) is 5.59. The van der Waals surface area contributed by atoms with Gasteiger partial charge in [0.05, 0.1) is 11.2 Å². The number of nitrogens with one attached hydrogen (secondary N) is 1. The Bertz CT molecular complexity index is 1250. The van der Waals surface area contributed by atoms with Crippen molar-refractivity contribution in [2.75, 3.05) is 5.32 Å². The Balaban J connectivity index is 1.49. The van der Waals surface area contributed by atoms with E-state index in [0.717, 1.165) is 4.90 Å². The van der Waals surface area contributed by atoms with E-state index >= 15 is 0 Å². The molecular formula is C19H16ClN5O3S. The number of benzene rings is 2. The van der Waals surface area contributed by atoms with E-state index in [1.54, 1.807) is 41.2 Å². The number of aromatic nitrogens is 4. The first-order valence-corrected chi connectivity index (χ1v) is 9.90. The van der Waals surface area contributed by atoms with E-state index in [1.165, 1.54) is 16.3 Å². The van der Waals surface area contributed by atoms with Crippen LogP contribution in [-0.4, -0.2) is 25.2 Å². The number of amides is 1. The first-order valence-electron chi connectivity index (χ1n) is 8.71. The Labute approximate surface area is 174 Å². The second kappa shape index (κ2) is 8.14. The van der Waals surface area contributed by atoms with Gasteiger partial charge in [0.1, 0.15) is 6.33 Å². The zero-order valence-corrected chi connectivity index (χ0v) is 16.9. The van der Waals surface area contributed by atoms with Crippen LogP contribution in [0.1, 0.15) is 6.42 Å². The van der Waals surface area contributed by atoms with Crippen LogP contribution in [0.2, 0.25) is 5.02 Å². The smallest absolute Gasteiger partial charge is 0.408 e. The summed E-state index contributed by atoms with van der Waals surface area (Å²) >= 11 is 7.47. The highest BCUT2D eigenvalue weighted by molar-refractivity contribution is 7.99. The van der Waals surface area contributed by atoms with Crippen molar-refractivity contribution in [1.29, 1.82) is 0 Å². The van der Waals surface area contributed by atoms with E-state index in [0.29, 0.717) is 27.0 Å². The molecule has 0 radical (unpaired) electrons. The number of carbonyl (C=O) groups excluding carboxylic acids is 1. The molecule has 2 aromatic carbocycles. The molecule has 0 unspecified atom stereocenters. The van der Waals surface area contributed by atoms with Crippen LogP contribution in [0.15, 0.2) is 68.1 Å². The van der Waals surface area contributed by atoms with E-state index < -0.39 is 5.76 Å². The summed E-state index contributed by atoms with van der Waals surface area (Å²) in [7, 11) is 1.84. The summed E-state index contributed by atoms with van der Waals surface area (Å²) in [6, 6.07) is 12.3. The summed E-state index contributed by atoms with van der Waals surface area (Å²) in [5.41, 5.74) is 1.72. The predicted molar refractivity (Wildman–Crippen MR) is 110 cm³/mol. The second-order valence-corrected chi connectivity index (χ2v) is 7.70. The zero-order valence-electron chi connectivity index (χ0n) is 15.3. The lowest BCUT2D eigenvalue weighted by Gasteiger charge is -2.11. The number of carbonyl (C=O) groups is 1. The normalized spacial score (nSPS) is 11.1. The van der Waals surface area contributed by atoms with Crippen molar-refractivity contribution in [3.63, 3.8) is 0 Å². The zero-order chi connectivity index (χ0) is 20.4. The average molecular weight is 430 g/mol. The fraction of sp³-hybridized carbons (Fsp3) is 0.158. The molecule has 0 spiro atoms. The first-order chi connectivity index (χ1) is 14.0. The van der Waals surface area contributed by atoms with Crippen molar-refractivity contribution >= 4 is 46.1 Å². The molecule has 2 heterocycles. The van der Waals surface area contributed by atoms with Gasteiger partial charge in [-0.1, -0.05) is 23.7 Å². The van der Waals surface area contributed by atoms with Crippen LogP contribution in [0.5, 0.6) is 0 Å². The van der Waals surface area contributed by atoms with Crippen LogP contribution in [-0.2, 0) is 18.4 Å². The minimum Gasteiger partial charge on any atom is -0.408 e. The van der Waals surface area contributed by atoms with Gasteiger partial charge in [0.2, 0.25) is 5.91 Å². The van der Waals surface area contributed by atoms with Crippen LogP contribution >= 0.6 is 23.4 Å². The van der Waals surface area contributed by atoms with Gasteiger partial charge in [-0.05, 0) is 42.1 Å². The van der Waals surface area contributed by atoms with Crippen molar-refractivity contribution < 1.29 is 9.21 Å². The molecule has 0 saturated carbocycles. The maximum absolute atomic E-state index is 12.5. The maximum atomic E-state index is 12.5. The summed E-state index contributed by atoms with van der Waals surface area (Å²) in [5.74, 6) is -0.732. The number of halogens is 1. The first kappa shape index (κ1) is 19.3. The van der Waals surface area contributed by atoms with E-state index in [4.69, 9.17) is 16.0 Å². The highest BCUT2D eigenvalue weighted by atomic mass is 35.5. The van der Waals surface area contributed by atoms with Crippen LogP contribution in [0.3, 0.4) is 0 Å². The van der Waals surface area contributed by atoms with Crippen molar-refractivity contribution in [3.05, 3.63) is 64.4 Å². The van der Waals surface area contributed by atoms with Crippen molar-refractivity contribution in [1.82, 2.24) is 19.3 Å². The van der Waals surface area contributed by atoms with Gasteiger partial charge in [-0.25, -0.2) is 4.79 Å². The van der Waals surface area contributed by atoms with Crippen LogP contribution < -0.4 is 11.1 Å². The predicted octanol–water partition coefficient (Wildman–Crippen LogP) is 3.56. The van der Waals surface area contributed by atoms with Crippen molar-refractivity contribution in [2.24, 2.45) is 7.05 Å². The lowest BCUT2D eigenvalue weighted by molar-refractivity contribution is -0.116. The molecule has 0 atom stereocenters. The molecule has 8 nitrogen and oxygen atoms in total. The number of oxazole rings is 1. The monoisotopic (exact) mass is 429 g/mol. The lowest BCUT2D eigenvalue weighted by atomic mass is 10.3. The average Bonchev–Trinajstić information content (AvgIpc) is 3.24. The Morgan fingerprint density at radius 3 is 2.90 bits per heavy atom. The van der Waals surface area contributed by atoms with Gasteiger partial charge in [0.25, 0.3) is 0 Å². The molecule has 1 amide bonds. The molecule has 10 heteroatoms. The molecule has 4 aromatic rings. The Hall–Kier alpha value is -3.04. The number of hydrogen-bond acceptors (Lipinski definition) is 6. The van der Waals surface area contributed by atoms with E-state index in [1.807, 2.05) is 19.2 Å². The van der Waals surface area contributed by atoms with Gasteiger partial charge in [0, 0.05) is 29.9 Å². The van der Waals surface area contributed by atoms with Gasteiger partial charge >= 0.3 is 5.76 Å². The van der Waals surface area contributed by atoms with Gasteiger partial charge in [-0.3, -0.25) is 9.36 Å². The van der Waals surface area contributed by atoms with Gasteiger partial charge in [-0.2, -0.15) is 0 Å². The minimum absolute atomic E-state index is 0.101. The third kappa shape index (κ3) is 4.20. The summed E-state index contributed by atoms with van der Waals surface area (Å²) in [6.07, 6.45) is 1.70. The Morgan fingerprint density at radius 1 is 1.28 bits per heavy atom. The molecule has 0 aliphatic rings. The summed E-state index contributed by atoms with van der Waals surface area (Å²) in [6.45, 7) is 0.202. The van der Waals surface area contributed by atoms with Crippen LogP contribution in [0.4, 0.5) is 5.69 Å². The molecule has 29 heavy (non-hydrogen) atoms. The largest absolute Gasteiger partial charge is 0.419 e. The molecule has 0 fully saturated rings. The van der Waals surface area contributed by atoms with E-state index in [-0.39, 0.29) is 18.9 Å². The lowest BCUT2D eigenvalue weighted by Crippen LogP contribution is -2.20. The molecule has 2 aromatic heterocycles. The fourth-order valence-corrected chi connectivity index (χ4v) is 3.81. The Morgan fingerprint density at radius 2 is 2.10 bits per heavy atom. The van der Waals surface area contributed by atoms with E-state index in [2.05, 4.69) is 15.5 Å². The van der Waals surface area contributed by atoms with Gasteiger partial charge in [0.15, 0.2) is 10.7 Å². The number of nitrogens with zero attached hydrogens (tertiary/aromatic N) is 4.